The van der Waals surface area contributed by atoms with E-state index in [0.29, 0.717) is 5.82 Å². The Hall–Kier alpha value is -1.79. The maximum atomic E-state index is 13.3. The van der Waals surface area contributed by atoms with Crippen molar-refractivity contribution < 1.29 is 8.78 Å². The second kappa shape index (κ2) is 5.14. The van der Waals surface area contributed by atoms with Crippen LogP contribution >= 0.6 is 22.9 Å². The number of fused-ring (bicyclic) bond motifs is 1. The van der Waals surface area contributed by atoms with Crippen molar-refractivity contribution in [1.29, 1.82) is 0 Å². The van der Waals surface area contributed by atoms with Crippen molar-refractivity contribution in [3.63, 3.8) is 0 Å². The van der Waals surface area contributed by atoms with Crippen LogP contribution in [0.3, 0.4) is 0 Å². The molecule has 1 saturated carbocycles. The Morgan fingerprint density at radius 1 is 1.18 bits per heavy atom. The number of nitrogens with one attached hydrogen (secondary N) is 1. The van der Waals surface area contributed by atoms with Gasteiger partial charge in [-0.1, -0.05) is 6.07 Å². The monoisotopic (exact) mass is 337 g/mol. The van der Waals surface area contributed by atoms with E-state index >= 15 is 0 Å². The molecule has 112 valence electrons. The van der Waals surface area contributed by atoms with Crippen molar-refractivity contribution in [3.05, 3.63) is 52.1 Å². The molecule has 7 heteroatoms. The van der Waals surface area contributed by atoms with Crippen LogP contribution in [0.25, 0.3) is 10.2 Å². The molecule has 3 aromatic rings. The van der Waals surface area contributed by atoms with Crippen LogP contribution in [-0.2, 0) is 0 Å². The van der Waals surface area contributed by atoms with Crippen molar-refractivity contribution in [2.24, 2.45) is 0 Å². The first-order chi connectivity index (χ1) is 10.6. The molecule has 4 rings (SSSR count). The normalized spacial score (nSPS) is 20.3. The molecule has 0 aliphatic heterocycles. The molecule has 1 aliphatic carbocycles. The van der Waals surface area contributed by atoms with E-state index in [4.69, 9.17) is 11.6 Å². The Morgan fingerprint density at radius 3 is 2.86 bits per heavy atom. The van der Waals surface area contributed by atoms with Gasteiger partial charge in [0.05, 0.1) is 5.39 Å². The van der Waals surface area contributed by atoms with Gasteiger partial charge in [-0.05, 0) is 47.2 Å². The van der Waals surface area contributed by atoms with Gasteiger partial charge in [0, 0.05) is 12.0 Å². The van der Waals surface area contributed by atoms with Crippen LogP contribution in [0, 0.1) is 11.6 Å². The number of hydrogen-bond donors (Lipinski definition) is 1. The lowest BCUT2D eigenvalue weighted by atomic mass is 10.1. The van der Waals surface area contributed by atoms with Crippen LogP contribution in [0.15, 0.2) is 29.6 Å². The van der Waals surface area contributed by atoms with E-state index in [9.17, 15) is 8.78 Å². The van der Waals surface area contributed by atoms with E-state index in [2.05, 4.69) is 15.3 Å². The van der Waals surface area contributed by atoms with Gasteiger partial charge in [-0.15, -0.1) is 11.3 Å². The predicted molar refractivity (Wildman–Crippen MR) is 83.6 cm³/mol. The number of rotatable bonds is 3. The summed E-state index contributed by atoms with van der Waals surface area (Å²) in [4.78, 5) is 9.22. The Kier molecular flexibility index (Phi) is 3.23. The zero-order chi connectivity index (χ0) is 15.3. The fourth-order valence-electron chi connectivity index (χ4n) is 2.58. The summed E-state index contributed by atoms with van der Waals surface area (Å²) in [5, 5.41) is 6.37. The quantitative estimate of drug-likeness (QED) is 0.710. The van der Waals surface area contributed by atoms with E-state index in [1.54, 1.807) is 6.07 Å². The molecule has 1 aromatic carbocycles. The fourth-order valence-corrected chi connectivity index (χ4v) is 3.56. The highest BCUT2D eigenvalue weighted by Gasteiger charge is 2.39. The third kappa shape index (κ3) is 2.42. The fraction of sp³-hybridized carbons (Fsp3) is 0.200. The zero-order valence-electron chi connectivity index (χ0n) is 11.2. The first kappa shape index (κ1) is 13.8. The number of thiophene rings is 1. The average Bonchev–Trinajstić information content (AvgIpc) is 3.07. The van der Waals surface area contributed by atoms with Crippen LogP contribution in [0.4, 0.5) is 14.6 Å². The molecule has 22 heavy (non-hydrogen) atoms. The maximum absolute atomic E-state index is 13.3. The lowest BCUT2D eigenvalue weighted by Crippen LogP contribution is -2.07. The molecule has 0 bridgehead atoms. The minimum Gasteiger partial charge on any atom is -0.366 e. The van der Waals surface area contributed by atoms with Gasteiger partial charge in [0.2, 0.25) is 5.28 Å². The number of nitrogens with zero attached hydrogens (tertiary/aromatic N) is 2. The van der Waals surface area contributed by atoms with E-state index in [0.717, 1.165) is 22.2 Å². The summed E-state index contributed by atoms with van der Waals surface area (Å²) >= 11 is 7.43. The highest BCUT2D eigenvalue weighted by molar-refractivity contribution is 7.16. The van der Waals surface area contributed by atoms with Crippen molar-refractivity contribution in [1.82, 2.24) is 9.97 Å². The largest absolute Gasteiger partial charge is 0.366 e. The van der Waals surface area contributed by atoms with E-state index in [1.165, 1.54) is 23.5 Å². The van der Waals surface area contributed by atoms with Gasteiger partial charge in [-0.25, -0.2) is 18.7 Å². The van der Waals surface area contributed by atoms with Gasteiger partial charge in [-0.3, -0.25) is 0 Å². The van der Waals surface area contributed by atoms with Crippen LogP contribution in [0.2, 0.25) is 5.28 Å². The SMILES string of the molecule is Fc1ccc([C@@H]2C[C@H]2Nc2nc(Cl)nc3sccc23)cc1F. The van der Waals surface area contributed by atoms with E-state index < -0.39 is 11.6 Å². The molecule has 0 saturated heterocycles. The topological polar surface area (TPSA) is 37.8 Å². The van der Waals surface area contributed by atoms with Gasteiger partial charge in [0.1, 0.15) is 10.6 Å². The standard InChI is InChI=1S/C15H10ClF2N3S/c16-15-20-13(8-3-4-22-14(8)21-15)19-12-6-9(12)7-1-2-10(17)11(18)5-7/h1-5,9,12H,6H2,(H,19,20,21)/t9-,12+/m0/s1. The lowest BCUT2D eigenvalue weighted by molar-refractivity contribution is 0.507. The van der Waals surface area contributed by atoms with E-state index in [-0.39, 0.29) is 17.2 Å². The molecular weight excluding hydrogens is 328 g/mol. The molecule has 2 atom stereocenters. The zero-order valence-corrected chi connectivity index (χ0v) is 12.8. The summed E-state index contributed by atoms with van der Waals surface area (Å²) in [6.45, 7) is 0. The average molecular weight is 338 g/mol. The summed E-state index contributed by atoms with van der Waals surface area (Å²) in [5.74, 6) is -0.797. The maximum Gasteiger partial charge on any atom is 0.225 e. The Balaban J connectivity index is 1.57. The van der Waals surface area contributed by atoms with Crippen molar-refractivity contribution in [3.8, 4) is 0 Å². The predicted octanol–water partition coefficient (Wildman–Crippen LogP) is 4.59. The van der Waals surface area contributed by atoms with Gasteiger partial charge >= 0.3 is 0 Å². The second-order valence-electron chi connectivity index (χ2n) is 5.25. The lowest BCUT2D eigenvalue weighted by Gasteiger charge is -2.07. The minimum atomic E-state index is -0.823. The van der Waals surface area contributed by atoms with E-state index in [1.807, 2.05) is 11.4 Å². The molecule has 2 heterocycles. The molecule has 2 aromatic heterocycles. The molecule has 0 unspecified atom stereocenters. The molecule has 3 nitrogen and oxygen atoms in total. The summed E-state index contributed by atoms with van der Waals surface area (Å²) < 4.78 is 26.3. The van der Waals surface area contributed by atoms with Crippen LogP contribution in [-0.4, -0.2) is 16.0 Å². The molecule has 0 amide bonds. The Bertz CT molecular complexity index is 867. The smallest absolute Gasteiger partial charge is 0.225 e. The van der Waals surface area contributed by atoms with Gasteiger partial charge in [0.15, 0.2) is 11.6 Å². The molecule has 0 radical (unpaired) electrons. The molecule has 1 fully saturated rings. The van der Waals surface area contributed by atoms with Gasteiger partial charge in [-0.2, -0.15) is 0 Å². The van der Waals surface area contributed by atoms with Crippen LogP contribution in [0.1, 0.15) is 17.9 Å². The summed E-state index contributed by atoms with van der Waals surface area (Å²) in [6, 6.07) is 6.12. The molecule has 1 aliphatic rings. The van der Waals surface area contributed by atoms with Crippen LogP contribution < -0.4 is 5.32 Å². The minimum absolute atomic E-state index is 0.138. The highest BCUT2D eigenvalue weighted by atomic mass is 35.5. The second-order valence-corrected chi connectivity index (χ2v) is 6.48. The number of anilines is 1. The van der Waals surface area contributed by atoms with Gasteiger partial charge in [0.25, 0.3) is 0 Å². The molecule has 1 N–H and O–H groups in total. The summed E-state index contributed by atoms with van der Waals surface area (Å²) in [6.07, 6.45) is 0.846. The van der Waals surface area contributed by atoms with Crippen molar-refractivity contribution in [2.45, 2.75) is 18.4 Å². The number of benzene rings is 1. The summed E-state index contributed by atoms with van der Waals surface area (Å²) in [7, 11) is 0. The summed E-state index contributed by atoms with van der Waals surface area (Å²) in [5.41, 5.74) is 0.790. The number of aromatic nitrogens is 2. The number of hydrogen-bond acceptors (Lipinski definition) is 4. The Labute approximate surface area is 134 Å². The van der Waals surface area contributed by atoms with Crippen molar-refractivity contribution >= 4 is 39.0 Å². The third-order valence-electron chi connectivity index (χ3n) is 3.78. The third-order valence-corrected chi connectivity index (χ3v) is 4.76. The molecule has 0 spiro atoms. The number of halogens is 3. The highest BCUT2D eigenvalue weighted by Crippen LogP contribution is 2.43. The first-order valence-electron chi connectivity index (χ1n) is 6.74. The van der Waals surface area contributed by atoms with Crippen LogP contribution in [0.5, 0.6) is 0 Å². The molecular formula is C15H10ClF2N3S. The first-order valence-corrected chi connectivity index (χ1v) is 8.00. The van der Waals surface area contributed by atoms with Crippen molar-refractivity contribution in [2.75, 3.05) is 5.32 Å². The Morgan fingerprint density at radius 2 is 2.05 bits per heavy atom. The van der Waals surface area contributed by atoms with Gasteiger partial charge < -0.3 is 5.32 Å².